The van der Waals surface area contributed by atoms with Crippen LogP contribution in [0, 0.1) is 0 Å². The minimum atomic E-state index is 0.154. The number of phenols is 1. The van der Waals surface area contributed by atoms with Gasteiger partial charge in [-0.1, -0.05) is 11.6 Å². The van der Waals surface area contributed by atoms with Crippen LogP contribution in [0.2, 0.25) is 5.02 Å². The first-order valence-corrected chi connectivity index (χ1v) is 6.45. The molecule has 0 bridgehead atoms. The first-order chi connectivity index (χ1) is 8.70. The van der Waals surface area contributed by atoms with Gasteiger partial charge in [0.25, 0.3) is 0 Å². The van der Waals surface area contributed by atoms with E-state index in [1.807, 2.05) is 0 Å². The summed E-state index contributed by atoms with van der Waals surface area (Å²) >= 11 is 5.98. The molecule has 100 valence electrons. The maximum absolute atomic E-state index is 9.99. The predicted octanol–water partition coefficient (Wildman–Crippen LogP) is 2.32. The second kappa shape index (κ2) is 6.27. The average molecular weight is 272 g/mol. The third-order valence-electron chi connectivity index (χ3n) is 3.14. The van der Waals surface area contributed by atoms with Crippen molar-refractivity contribution in [3.05, 3.63) is 22.7 Å². The molecule has 0 aliphatic carbocycles. The first-order valence-electron chi connectivity index (χ1n) is 6.07. The molecule has 18 heavy (non-hydrogen) atoms. The standard InChI is InChI=1S/C13H18ClNO3/c1-17-12-7-10(14)6-9(13(12)16)8-15-11-2-4-18-5-3-11/h6-7,11,15-16H,2-5,8H2,1H3. The Kier molecular flexibility index (Phi) is 4.69. The third kappa shape index (κ3) is 3.28. The maximum Gasteiger partial charge on any atom is 0.162 e. The molecule has 0 amide bonds. The zero-order valence-electron chi connectivity index (χ0n) is 10.4. The van der Waals surface area contributed by atoms with Gasteiger partial charge in [-0.2, -0.15) is 0 Å². The molecule has 4 nitrogen and oxygen atoms in total. The number of methoxy groups -OCH3 is 1. The minimum Gasteiger partial charge on any atom is -0.504 e. The van der Waals surface area contributed by atoms with Crippen LogP contribution in [0.25, 0.3) is 0 Å². The van der Waals surface area contributed by atoms with Crippen molar-refractivity contribution in [1.29, 1.82) is 0 Å². The molecule has 0 atom stereocenters. The summed E-state index contributed by atoms with van der Waals surface area (Å²) in [7, 11) is 1.51. The molecule has 0 radical (unpaired) electrons. The van der Waals surface area contributed by atoms with Crippen LogP contribution in [0.4, 0.5) is 0 Å². The predicted molar refractivity (Wildman–Crippen MR) is 70.3 cm³/mol. The molecule has 1 saturated heterocycles. The molecule has 1 heterocycles. The summed E-state index contributed by atoms with van der Waals surface area (Å²) in [6.07, 6.45) is 2.00. The molecule has 1 aromatic carbocycles. The van der Waals surface area contributed by atoms with Gasteiger partial charge in [0.1, 0.15) is 0 Å². The van der Waals surface area contributed by atoms with E-state index in [-0.39, 0.29) is 5.75 Å². The third-order valence-corrected chi connectivity index (χ3v) is 3.36. The van der Waals surface area contributed by atoms with Crippen molar-refractivity contribution in [2.24, 2.45) is 0 Å². The van der Waals surface area contributed by atoms with Gasteiger partial charge in [-0.3, -0.25) is 0 Å². The first kappa shape index (κ1) is 13.5. The minimum absolute atomic E-state index is 0.154. The molecule has 5 heteroatoms. The second-order valence-electron chi connectivity index (χ2n) is 4.38. The van der Waals surface area contributed by atoms with Gasteiger partial charge >= 0.3 is 0 Å². The summed E-state index contributed by atoms with van der Waals surface area (Å²) < 4.78 is 10.4. The zero-order valence-corrected chi connectivity index (χ0v) is 11.2. The number of ether oxygens (including phenoxy) is 2. The van der Waals surface area contributed by atoms with Gasteiger partial charge in [-0.05, 0) is 18.9 Å². The van der Waals surface area contributed by atoms with E-state index in [2.05, 4.69) is 5.32 Å². The van der Waals surface area contributed by atoms with Crippen LogP contribution in [0.5, 0.6) is 11.5 Å². The number of aromatic hydroxyl groups is 1. The van der Waals surface area contributed by atoms with E-state index in [4.69, 9.17) is 21.1 Å². The molecular formula is C13H18ClNO3. The van der Waals surface area contributed by atoms with Crippen LogP contribution in [-0.2, 0) is 11.3 Å². The topological polar surface area (TPSA) is 50.7 Å². The summed E-state index contributed by atoms with van der Waals surface area (Å²) in [5.74, 6) is 0.563. The molecular weight excluding hydrogens is 254 g/mol. The monoisotopic (exact) mass is 271 g/mol. The summed E-state index contributed by atoms with van der Waals surface area (Å²) in [6.45, 7) is 2.17. The van der Waals surface area contributed by atoms with E-state index in [9.17, 15) is 5.11 Å². The Morgan fingerprint density at radius 3 is 2.83 bits per heavy atom. The number of nitrogens with one attached hydrogen (secondary N) is 1. The van der Waals surface area contributed by atoms with Crippen LogP contribution in [0.3, 0.4) is 0 Å². The Balaban J connectivity index is 2.01. The molecule has 2 rings (SSSR count). The highest BCUT2D eigenvalue weighted by Gasteiger charge is 2.15. The fraction of sp³-hybridized carbons (Fsp3) is 0.538. The normalized spacial score (nSPS) is 16.8. The lowest BCUT2D eigenvalue weighted by molar-refractivity contribution is 0.0775. The van der Waals surface area contributed by atoms with E-state index >= 15 is 0 Å². The number of hydrogen-bond acceptors (Lipinski definition) is 4. The molecule has 0 saturated carbocycles. The van der Waals surface area contributed by atoms with Gasteiger partial charge in [0.2, 0.25) is 0 Å². The molecule has 0 aromatic heterocycles. The Morgan fingerprint density at radius 2 is 2.17 bits per heavy atom. The Bertz CT molecular complexity index is 405. The van der Waals surface area contributed by atoms with Crippen LogP contribution >= 0.6 is 11.6 Å². The average Bonchev–Trinajstić information content (AvgIpc) is 2.40. The molecule has 0 unspecified atom stereocenters. The number of hydrogen-bond donors (Lipinski definition) is 2. The second-order valence-corrected chi connectivity index (χ2v) is 4.82. The highest BCUT2D eigenvalue weighted by atomic mass is 35.5. The lowest BCUT2D eigenvalue weighted by Crippen LogP contribution is -2.34. The van der Waals surface area contributed by atoms with Crippen LogP contribution in [-0.4, -0.2) is 31.5 Å². The molecule has 1 aliphatic rings. The van der Waals surface area contributed by atoms with Gasteiger partial charge in [0.05, 0.1) is 7.11 Å². The van der Waals surface area contributed by atoms with Crippen molar-refractivity contribution in [2.75, 3.05) is 20.3 Å². The van der Waals surface area contributed by atoms with Crippen LogP contribution < -0.4 is 10.1 Å². The lowest BCUT2D eigenvalue weighted by atomic mass is 10.1. The maximum atomic E-state index is 9.99. The number of halogens is 1. The smallest absolute Gasteiger partial charge is 0.162 e. The van der Waals surface area contributed by atoms with Crippen molar-refractivity contribution in [2.45, 2.75) is 25.4 Å². The van der Waals surface area contributed by atoms with E-state index in [0.29, 0.717) is 23.4 Å². The Morgan fingerprint density at radius 1 is 1.44 bits per heavy atom. The van der Waals surface area contributed by atoms with Crippen LogP contribution in [0.15, 0.2) is 12.1 Å². The Hall–Kier alpha value is -0.970. The SMILES string of the molecule is COc1cc(Cl)cc(CNC2CCOCC2)c1O. The fourth-order valence-electron chi connectivity index (χ4n) is 2.07. The van der Waals surface area contributed by atoms with Gasteiger partial charge in [-0.25, -0.2) is 0 Å². The van der Waals surface area contributed by atoms with E-state index < -0.39 is 0 Å². The van der Waals surface area contributed by atoms with Crippen LogP contribution in [0.1, 0.15) is 18.4 Å². The summed E-state index contributed by atoms with van der Waals surface area (Å²) in [6, 6.07) is 3.80. The van der Waals surface area contributed by atoms with E-state index in [1.165, 1.54) is 7.11 Å². The quantitative estimate of drug-likeness (QED) is 0.882. The largest absolute Gasteiger partial charge is 0.504 e. The number of phenolic OH excluding ortho intramolecular Hbond substituents is 1. The van der Waals surface area contributed by atoms with Gasteiger partial charge < -0.3 is 19.9 Å². The number of benzene rings is 1. The lowest BCUT2D eigenvalue weighted by Gasteiger charge is -2.23. The van der Waals surface area contributed by atoms with Gasteiger partial charge in [0, 0.05) is 42.5 Å². The number of rotatable bonds is 4. The summed E-state index contributed by atoms with van der Waals surface area (Å²) in [4.78, 5) is 0. The van der Waals surface area contributed by atoms with E-state index in [0.717, 1.165) is 31.6 Å². The molecule has 1 aliphatic heterocycles. The molecule has 2 N–H and O–H groups in total. The van der Waals surface area contributed by atoms with Crippen molar-refractivity contribution in [3.63, 3.8) is 0 Å². The zero-order chi connectivity index (χ0) is 13.0. The molecule has 1 fully saturated rings. The highest BCUT2D eigenvalue weighted by Crippen LogP contribution is 2.33. The van der Waals surface area contributed by atoms with Gasteiger partial charge in [0.15, 0.2) is 11.5 Å². The van der Waals surface area contributed by atoms with Crippen molar-refractivity contribution in [1.82, 2.24) is 5.32 Å². The summed E-state index contributed by atoms with van der Waals surface area (Å²) in [5.41, 5.74) is 0.755. The molecule has 0 spiro atoms. The van der Waals surface area contributed by atoms with Crippen molar-refractivity contribution >= 4 is 11.6 Å². The van der Waals surface area contributed by atoms with E-state index in [1.54, 1.807) is 12.1 Å². The molecule has 1 aromatic rings. The highest BCUT2D eigenvalue weighted by molar-refractivity contribution is 6.30. The Labute approximate surface area is 112 Å². The van der Waals surface area contributed by atoms with Crippen molar-refractivity contribution < 1.29 is 14.6 Å². The fourth-order valence-corrected chi connectivity index (χ4v) is 2.31. The van der Waals surface area contributed by atoms with Gasteiger partial charge in [-0.15, -0.1) is 0 Å². The summed E-state index contributed by atoms with van der Waals surface area (Å²) in [5, 5.41) is 14.0. The van der Waals surface area contributed by atoms with Crippen molar-refractivity contribution in [3.8, 4) is 11.5 Å².